The summed E-state index contributed by atoms with van der Waals surface area (Å²) in [6.45, 7) is -0.686. The number of aliphatic hydroxyl groups excluding tert-OH is 1. The average Bonchev–Trinajstić information content (AvgIpc) is 2.52. The number of alkyl halides is 3. The van der Waals surface area contributed by atoms with E-state index in [4.69, 9.17) is 0 Å². The van der Waals surface area contributed by atoms with Gasteiger partial charge in [-0.15, -0.1) is 0 Å². The third-order valence-electron chi connectivity index (χ3n) is 4.23. The van der Waals surface area contributed by atoms with Crippen LogP contribution in [0.2, 0.25) is 0 Å². The lowest BCUT2D eigenvalue weighted by molar-refractivity contribution is -0.145. The summed E-state index contributed by atoms with van der Waals surface area (Å²) in [6.07, 6.45) is -1.75. The number of carbonyl (C=O) groups excluding carboxylic acids is 1. The van der Waals surface area contributed by atoms with Gasteiger partial charge in [0.05, 0.1) is 18.2 Å². The van der Waals surface area contributed by atoms with Crippen molar-refractivity contribution in [2.24, 2.45) is 0 Å². The Labute approximate surface area is 132 Å². The van der Waals surface area contributed by atoms with Crippen LogP contribution in [0.5, 0.6) is 0 Å². The van der Waals surface area contributed by atoms with E-state index in [0.29, 0.717) is 12.8 Å². The first-order valence-corrected chi connectivity index (χ1v) is 7.58. The Bertz CT molecular complexity index is 554. The maximum absolute atomic E-state index is 13.1. The van der Waals surface area contributed by atoms with Gasteiger partial charge in [-0.3, -0.25) is 4.79 Å². The van der Waals surface area contributed by atoms with Crippen molar-refractivity contribution in [1.29, 1.82) is 0 Å². The molecule has 1 aliphatic rings. The normalized spacial score (nSPS) is 19.2. The number of halogens is 3. The van der Waals surface area contributed by atoms with Gasteiger partial charge >= 0.3 is 6.18 Å². The van der Waals surface area contributed by atoms with Gasteiger partial charge in [0.15, 0.2) is 0 Å². The van der Waals surface area contributed by atoms with Gasteiger partial charge in [-0.05, 0) is 24.5 Å². The molecule has 1 aliphatic carbocycles. The first-order chi connectivity index (χ1) is 10.8. The monoisotopic (exact) mass is 331 g/mol. The Kier molecular flexibility index (Phi) is 5.31. The summed E-state index contributed by atoms with van der Waals surface area (Å²) in [5.41, 5.74) is -2.69. The summed E-state index contributed by atoms with van der Waals surface area (Å²) >= 11 is 0. The predicted molar refractivity (Wildman–Crippen MR) is 77.4 cm³/mol. The van der Waals surface area contributed by atoms with E-state index < -0.39 is 35.9 Å². The van der Waals surface area contributed by atoms with Gasteiger partial charge in [-0.25, -0.2) is 0 Å². The number of rotatable bonds is 4. The van der Waals surface area contributed by atoms with Crippen LogP contribution >= 0.6 is 0 Å². The minimum atomic E-state index is -4.59. The van der Waals surface area contributed by atoms with Gasteiger partial charge < -0.3 is 15.5 Å². The zero-order valence-corrected chi connectivity index (χ0v) is 12.6. The van der Waals surface area contributed by atoms with E-state index in [1.807, 2.05) is 0 Å². The van der Waals surface area contributed by atoms with Crippen LogP contribution in [0.1, 0.15) is 49.3 Å². The van der Waals surface area contributed by atoms with Crippen molar-refractivity contribution in [2.45, 2.75) is 49.9 Å². The Morgan fingerprint density at radius 2 is 1.83 bits per heavy atom. The smallest absolute Gasteiger partial charge is 0.394 e. The largest absolute Gasteiger partial charge is 0.416 e. The zero-order chi connectivity index (χ0) is 17.1. The predicted octanol–water partition coefficient (Wildman–Crippen LogP) is 2.55. The molecule has 1 fully saturated rings. The molecule has 23 heavy (non-hydrogen) atoms. The SMILES string of the molecule is O=C(NC(CO)c1ccccc1C(F)(F)F)C1(O)CCCCC1. The molecule has 0 spiro atoms. The molecule has 0 aliphatic heterocycles. The van der Waals surface area contributed by atoms with Gasteiger partial charge in [-0.1, -0.05) is 37.5 Å². The summed E-state index contributed by atoms with van der Waals surface area (Å²) in [4.78, 5) is 12.3. The van der Waals surface area contributed by atoms with Crippen LogP contribution in [-0.4, -0.2) is 28.3 Å². The molecular weight excluding hydrogens is 311 g/mol. The highest BCUT2D eigenvalue weighted by atomic mass is 19.4. The fraction of sp³-hybridized carbons (Fsp3) is 0.562. The highest BCUT2D eigenvalue weighted by Crippen LogP contribution is 2.35. The molecule has 1 aromatic rings. The van der Waals surface area contributed by atoms with E-state index in [-0.39, 0.29) is 18.4 Å². The van der Waals surface area contributed by atoms with Crippen molar-refractivity contribution in [3.63, 3.8) is 0 Å². The van der Waals surface area contributed by atoms with Crippen LogP contribution in [0.3, 0.4) is 0 Å². The molecule has 0 radical (unpaired) electrons. The lowest BCUT2D eigenvalue weighted by Gasteiger charge is -2.32. The molecule has 7 heteroatoms. The highest BCUT2D eigenvalue weighted by Gasteiger charge is 2.40. The maximum atomic E-state index is 13.1. The number of aliphatic hydroxyl groups is 2. The molecule has 0 saturated heterocycles. The van der Waals surface area contributed by atoms with Crippen molar-refractivity contribution in [3.8, 4) is 0 Å². The van der Waals surface area contributed by atoms with E-state index in [2.05, 4.69) is 5.32 Å². The molecule has 1 saturated carbocycles. The van der Waals surface area contributed by atoms with Gasteiger partial charge in [-0.2, -0.15) is 13.2 Å². The second-order valence-electron chi connectivity index (χ2n) is 5.89. The van der Waals surface area contributed by atoms with Crippen LogP contribution in [0.25, 0.3) is 0 Å². The lowest BCUT2D eigenvalue weighted by atomic mass is 9.84. The number of carbonyl (C=O) groups is 1. The molecule has 1 amide bonds. The molecule has 1 atom stereocenters. The highest BCUT2D eigenvalue weighted by molar-refractivity contribution is 5.85. The van der Waals surface area contributed by atoms with E-state index >= 15 is 0 Å². The number of hydrogen-bond donors (Lipinski definition) is 3. The standard InChI is InChI=1S/C16H20F3NO3/c17-16(18,19)12-7-3-2-6-11(12)13(10-21)20-14(22)15(23)8-4-1-5-9-15/h2-3,6-7,13,21,23H,1,4-5,8-10H2,(H,20,22). The quantitative estimate of drug-likeness (QED) is 0.794. The second kappa shape index (κ2) is 6.88. The fourth-order valence-corrected chi connectivity index (χ4v) is 2.94. The van der Waals surface area contributed by atoms with Crippen LogP contribution in [-0.2, 0) is 11.0 Å². The molecule has 0 bridgehead atoms. The van der Waals surface area contributed by atoms with Crippen molar-refractivity contribution in [2.75, 3.05) is 6.61 Å². The van der Waals surface area contributed by atoms with Gasteiger partial charge in [0.1, 0.15) is 5.60 Å². The molecule has 0 aromatic heterocycles. The Balaban J connectivity index is 2.22. The van der Waals surface area contributed by atoms with E-state index in [0.717, 1.165) is 12.5 Å². The number of amides is 1. The lowest BCUT2D eigenvalue weighted by Crippen LogP contribution is -2.49. The van der Waals surface area contributed by atoms with Crippen LogP contribution in [0, 0.1) is 0 Å². The minimum Gasteiger partial charge on any atom is -0.394 e. The van der Waals surface area contributed by atoms with Crippen LogP contribution < -0.4 is 5.32 Å². The van der Waals surface area contributed by atoms with Crippen LogP contribution in [0.4, 0.5) is 13.2 Å². The number of benzene rings is 1. The van der Waals surface area contributed by atoms with Crippen molar-refractivity contribution >= 4 is 5.91 Å². The first kappa shape index (κ1) is 17.7. The first-order valence-electron chi connectivity index (χ1n) is 7.58. The fourth-order valence-electron chi connectivity index (χ4n) is 2.94. The number of hydrogen-bond acceptors (Lipinski definition) is 3. The third-order valence-corrected chi connectivity index (χ3v) is 4.23. The van der Waals surface area contributed by atoms with Crippen molar-refractivity contribution in [3.05, 3.63) is 35.4 Å². The molecular formula is C16H20F3NO3. The molecule has 2 rings (SSSR count). The van der Waals surface area contributed by atoms with Crippen LogP contribution in [0.15, 0.2) is 24.3 Å². The average molecular weight is 331 g/mol. The van der Waals surface area contributed by atoms with E-state index in [1.54, 1.807) is 0 Å². The number of nitrogens with one attached hydrogen (secondary N) is 1. The molecule has 128 valence electrons. The third kappa shape index (κ3) is 4.03. The van der Waals surface area contributed by atoms with Crippen molar-refractivity contribution in [1.82, 2.24) is 5.32 Å². The van der Waals surface area contributed by atoms with Gasteiger partial charge in [0, 0.05) is 0 Å². The van der Waals surface area contributed by atoms with E-state index in [9.17, 15) is 28.2 Å². The Morgan fingerprint density at radius 3 is 2.39 bits per heavy atom. The Hall–Kier alpha value is -1.60. The van der Waals surface area contributed by atoms with Gasteiger partial charge in [0.2, 0.25) is 0 Å². The summed E-state index contributed by atoms with van der Waals surface area (Å²) < 4.78 is 39.2. The van der Waals surface area contributed by atoms with E-state index in [1.165, 1.54) is 18.2 Å². The molecule has 4 nitrogen and oxygen atoms in total. The molecule has 3 N–H and O–H groups in total. The summed E-state index contributed by atoms with van der Waals surface area (Å²) in [6, 6.07) is 3.56. The minimum absolute atomic E-state index is 0.213. The summed E-state index contributed by atoms with van der Waals surface area (Å²) in [5, 5.41) is 22.1. The Morgan fingerprint density at radius 1 is 1.22 bits per heavy atom. The molecule has 0 heterocycles. The molecule has 1 aromatic carbocycles. The topological polar surface area (TPSA) is 69.6 Å². The van der Waals surface area contributed by atoms with Crippen molar-refractivity contribution < 1.29 is 28.2 Å². The summed E-state index contributed by atoms with van der Waals surface area (Å²) in [5.74, 6) is -0.728. The van der Waals surface area contributed by atoms with Gasteiger partial charge in [0.25, 0.3) is 5.91 Å². The zero-order valence-electron chi connectivity index (χ0n) is 12.6. The second-order valence-corrected chi connectivity index (χ2v) is 5.89. The summed E-state index contributed by atoms with van der Waals surface area (Å²) in [7, 11) is 0. The maximum Gasteiger partial charge on any atom is 0.416 e. The molecule has 1 unspecified atom stereocenters.